The summed E-state index contributed by atoms with van der Waals surface area (Å²) in [4.78, 5) is 23.0. The van der Waals surface area contributed by atoms with E-state index in [1.807, 2.05) is 19.9 Å². The van der Waals surface area contributed by atoms with Crippen LogP contribution >= 0.6 is 11.6 Å². The number of ether oxygens (including phenoxy) is 1. The Balaban J connectivity index is 3.15. The quantitative estimate of drug-likeness (QED) is 0.528. The summed E-state index contributed by atoms with van der Waals surface area (Å²) in [5.41, 5.74) is 1.26. The van der Waals surface area contributed by atoms with E-state index in [9.17, 15) is 9.59 Å². The monoisotopic (exact) mass is 326 g/mol. The van der Waals surface area contributed by atoms with Crippen molar-refractivity contribution in [1.82, 2.24) is 0 Å². The van der Waals surface area contributed by atoms with Crippen LogP contribution < -0.4 is 4.74 Å². The number of rotatable bonds is 9. The van der Waals surface area contributed by atoms with E-state index >= 15 is 0 Å². The number of aliphatic carboxylic acids is 1. The largest absolute Gasteiger partial charge is 0.493 e. The molecule has 22 heavy (non-hydrogen) atoms. The summed E-state index contributed by atoms with van der Waals surface area (Å²) in [5.74, 6) is -0.546. The lowest BCUT2D eigenvalue weighted by Gasteiger charge is -2.18. The van der Waals surface area contributed by atoms with Gasteiger partial charge in [0.1, 0.15) is 5.75 Å². The van der Waals surface area contributed by atoms with Crippen molar-refractivity contribution in [2.24, 2.45) is 0 Å². The second kappa shape index (κ2) is 8.79. The first kappa shape index (κ1) is 18.5. The third-order valence-corrected chi connectivity index (χ3v) is 3.53. The van der Waals surface area contributed by atoms with Crippen LogP contribution in [0, 0.1) is 0 Å². The molecule has 0 aliphatic rings. The first-order valence-electron chi connectivity index (χ1n) is 7.58. The van der Waals surface area contributed by atoms with E-state index in [1.54, 1.807) is 6.07 Å². The van der Waals surface area contributed by atoms with Gasteiger partial charge in [-0.25, -0.2) is 0 Å². The van der Waals surface area contributed by atoms with Gasteiger partial charge in [0.25, 0.3) is 0 Å². The Morgan fingerprint density at radius 2 is 1.95 bits per heavy atom. The fourth-order valence-corrected chi connectivity index (χ4v) is 2.31. The molecule has 1 aromatic rings. The van der Waals surface area contributed by atoms with Gasteiger partial charge in [0.2, 0.25) is 0 Å². The van der Waals surface area contributed by atoms with E-state index in [1.165, 1.54) is 0 Å². The topological polar surface area (TPSA) is 63.6 Å². The normalized spacial score (nSPS) is 10.8. The minimum absolute atomic E-state index is 0.0582. The molecule has 0 saturated heterocycles. The van der Waals surface area contributed by atoms with Crippen molar-refractivity contribution in [3.8, 4) is 5.75 Å². The molecule has 0 spiro atoms. The zero-order valence-electron chi connectivity index (χ0n) is 13.3. The second-order valence-corrected chi connectivity index (χ2v) is 5.98. The number of halogens is 1. The van der Waals surface area contributed by atoms with Gasteiger partial charge in [0.15, 0.2) is 5.78 Å². The molecule has 4 nitrogen and oxygen atoms in total. The van der Waals surface area contributed by atoms with Crippen LogP contribution in [0.2, 0.25) is 5.02 Å². The maximum Gasteiger partial charge on any atom is 0.303 e. The van der Waals surface area contributed by atoms with Gasteiger partial charge in [-0.3, -0.25) is 9.59 Å². The molecule has 122 valence electrons. The van der Waals surface area contributed by atoms with E-state index in [-0.39, 0.29) is 24.5 Å². The van der Waals surface area contributed by atoms with Gasteiger partial charge < -0.3 is 9.84 Å². The van der Waals surface area contributed by atoms with Crippen LogP contribution in [0.5, 0.6) is 5.75 Å². The van der Waals surface area contributed by atoms with E-state index in [0.29, 0.717) is 22.9 Å². The second-order valence-electron chi connectivity index (χ2n) is 5.55. The zero-order valence-corrected chi connectivity index (χ0v) is 14.1. The van der Waals surface area contributed by atoms with Crippen molar-refractivity contribution < 1.29 is 19.4 Å². The van der Waals surface area contributed by atoms with Gasteiger partial charge in [-0.05, 0) is 30.0 Å². The minimum Gasteiger partial charge on any atom is -0.493 e. The van der Waals surface area contributed by atoms with Crippen LogP contribution in [-0.4, -0.2) is 23.5 Å². The van der Waals surface area contributed by atoms with Crippen molar-refractivity contribution in [2.45, 2.75) is 52.4 Å². The number of hydrogen-bond acceptors (Lipinski definition) is 3. The standard InChI is InChI=1S/C17H23ClO4/c1-4-5-8-22-17-13(11(2)3)9-12(18)10-14(17)15(19)6-7-16(20)21/h9-11H,4-8H2,1-3H3,(H,20,21). The average Bonchev–Trinajstić information content (AvgIpc) is 2.45. The van der Waals surface area contributed by atoms with Crippen molar-refractivity contribution in [1.29, 1.82) is 0 Å². The summed E-state index contributed by atoms with van der Waals surface area (Å²) in [6.45, 7) is 6.60. The molecule has 0 aromatic heterocycles. The smallest absolute Gasteiger partial charge is 0.303 e. The average molecular weight is 327 g/mol. The lowest BCUT2D eigenvalue weighted by atomic mass is 9.96. The van der Waals surface area contributed by atoms with E-state index < -0.39 is 5.97 Å². The van der Waals surface area contributed by atoms with Crippen LogP contribution in [0.15, 0.2) is 12.1 Å². The first-order chi connectivity index (χ1) is 10.4. The molecule has 0 amide bonds. The van der Waals surface area contributed by atoms with E-state index in [0.717, 1.165) is 18.4 Å². The maximum absolute atomic E-state index is 12.3. The van der Waals surface area contributed by atoms with Gasteiger partial charge >= 0.3 is 5.97 Å². The Bertz CT molecular complexity index is 538. The number of carbonyl (C=O) groups excluding carboxylic acids is 1. The van der Waals surface area contributed by atoms with Crippen LogP contribution in [-0.2, 0) is 4.79 Å². The number of carboxylic acid groups (broad SMARTS) is 1. The van der Waals surface area contributed by atoms with Crippen LogP contribution in [0.25, 0.3) is 0 Å². The molecule has 0 radical (unpaired) electrons. The van der Waals surface area contributed by atoms with Gasteiger partial charge in [-0.2, -0.15) is 0 Å². The number of ketones is 1. The van der Waals surface area contributed by atoms with Gasteiger partial charge in [-0.1, -0.05) is 38.8 Å². The van der Waals surface area contributed by atoms with E-state index in [2.05, 4.69) is 6.92 Å². The number of carbonyl (C=O) groups is 2. The Labute approximate surface area is 136 Å². The summed E-state index contributed by atoms with van der Waals surface area (Å²) in [5, 5.41) is 9.20. The third kappa shape index (κ3) is 5.34. The molecular weight excluding hydrogens is 304 g/mol. The zero-order chi connectivity index (χ0) is 16.7. The van der Waals surface area contributed by atoms with Gasteiger partial charge in [-0.15, -0.1) is 0 Å². The Morgan fingerprint density at radius 3 is 2.50 bits per heavy atom. The summed E-state index contributed by atoms with van der Waals surface area (Å²) in [7, 11) is 0. The number of Topliss-reactive ketones (excluding diaryl/α,β-unsaturated/α-hetero) is 1. The summed E-state index contributed by atoms with van der Waals surface area (Å²) >= 11 is 6.11. The molecule has 0 atom stereocenters. The molecule has 0 saturated carbocycles. The summed E-state index contributed by atoms with van der Waals surface area (Å²) in [6, 6.07) is 3.38. The fraction of sp³-hybridized carbons (Fsp3) is 0.529. The molecule has 0 aliphatic carbocycles. The molecule has 1 N–H and O–H groups in total. The SMILES string of the molecule is CCCCOc1c(C(=O)CCC(=O)O)cc(Cl)cc1C(C)C. The predicted octanol–water partition coefficient (Wildman–Crippen LogP) is 4.69. The maximum atomic E-state index is 12.3. The van der Waals surface area contributed by atoms with Crippen molar-refractivity contribution in [2.75, 3.05) is 6.61 Å². The lowest BCUT2D eigenvalue weighted by molar-refractivity contribution is -0.136. The predicted molar refractivity (Wildman–Crippen MR) is 87.1 cm³/mol. The summed E-state index contributed by atoms with van der Waals surface area (Å²) in [6.07, 6.45) is 1.63. The summed E-state index contributed by atoms with van der Waals surface area (Å²) < 4.78 is 5.83. The van der Waals surface area contributed by atoms with Gasteiger partial charge in [0, 0.05) is 11.4 Å². The first-order valence-corrected chi connectivity index (χ1v) is 7.95. The van der Waals surface area contributed by atoms with Gasteiger partial charge in [0.05, 0.1) is 18.6 Å². The van der Waals surface area contributed by atoms with Crippen molar-refractivity contribution >= 4 is 23.4 Å². The minimum atomic E-state index is -0.993. The highest BCUT2D eigenvalue weighted by Gasteiger charge is 2.20. The molecule has 0 heterocycles. The fourth-order valence-electron chi connectivity index (χ4n) is 2.09. The molecule has 0 bridgehead atoms. The number of benzene rings is 1. The highest BCUT2D eigenvalue weighted by molar-refractivity contribution is 6.31. The van der Waals surface area contributed by atoms with Crippen LogP contribution in [0.1, 0.15) is 68.3 Å². The molecule has 0 unspecified atom stereocenters. The molecular formula is C17H23ClO4. The Kier molecular flexibility index (Phi) is 7.39. The highest BCUT2D eigenvalue weighted by Crippen LogP contribution is 2.34. The van der Waals surface area contributed by atoms with Crippen molar-refractivity contribution in [3.63, 3.8) is 0 Å². The number of unbranched alkanes of at least 4 members (excludes halogenated alkanes) is 1. The molecule has 0 fully saturated rings. The van der Waals surface area contributed by atoms with Crippen LogP contribution in [0.4, 0.5) is 0 Å². The Hall–Kier alpha value is -1.55. The van der Waals surface area contributed by atoms with Crippen molar-refractivity contribution in [3.05, 3.63) is 28.3 Å². The number of carboxylic acids is 1. The molecule has 5 heteroatoms. The molecule has 1 aromatic carbocycles. The van der Waals surface area contributed by atoms with E-state index in [4.69, 9.17) is 21.4 Å². The number of hydrogen-bond donors (Lipinski definition) is 1. The Morgan fingerprint density at radius 1 is 1.27 bits per heavy atom. The highest BCUT2D eigenvalue weighted by atomic mass is 35.5. The lowest BCUT2D eigenvalue weighted by Crippen LogP contribution is -2.10. The third-order valence-electron chi connectivity index (χ3n) is 3.32. The molecule has 0 aliphatic heterocycles. The van der Waals surface area contributed by atoms with Crippen LogP contribution in [0.3, 0.4) is 0 Å². The molecule has 1 rings (SSSR count).